The van der Waals surface area contributed by atoms with Gasteiger partial charge in [0, 0.05) is 17.4 Å². The van der Waals surface area contributed by atoms with E-state index in [1.807, 2.05) is 13.0 Å². The summed E-state index contributed by atoms with van der Waals surface area (Å²) in [6.45, 7) is 5.55. The van der Waals surface area contributed by atoms with Crippen molar-refractivity contribution in [1.29, 1.82) is 0 Å². The fourth-order valence-corrected chi connectivity index (χ4v) is 5.09. The van der Waals surface area contributed by atoms with E-state index < -0.39 is 24.5 Å². The highest BCUT2D eigenvalue weighted by atomic mass is 19.1. The largest absolute Gasteiger partial charge is 0.497 e. The number of halogens is 1. The van der Waals surface area contributed by atoms with Crippen LogP contribution in [0.2, 0.25) is 0 Å². The minimum absolute atomic E-state index is 0.0270. The summed E-state index contributed by atoms with van der Waals surface area (Å²) >= 11 is 0. The number of fused-ring (bicyclic) bond motifs is 3. The molecule has 1 N–H and O–H groups in total. The number of methoxy groups -OCH3 is 1. The molecule has 0 unspecified atom stereocenters. The van der Waals surface area contributed by atoms with Crippen LogP contribution in [0.4, 0.5) is 4.39 Å². The van der Waals surface area contributed by atoms with Gasteiger partial charge in [0.1, 0.15) is 5.75 Å². The normalized spacial score (nSPS) is 24.6. The Balaban J connectivity index is 1.71. The minimum atomic E-state index is -1.16. The Morgan fingerprint density at radius 2 is 2.09 bits per heavy atom. The molecule has 1 aliphatic carbocycles. The van der Waals surface area contributed by atoms with E-state index in [1.165, 1.54) is 17.2 Å². The third-order valence-electron chi connectivity index (χ3n) is 6.60. The lowest BCUT2D eigenvalue weighted by Crippen LogP contribution is -2.36. The Kier molecular flexibility index (Phi) is 6.51. The second-order valence-corrected chi connectivity index (χ2v) is 8.69. The van der Waals surface area contributed by atoms with Gasteiger partial charge in [0.15, 0.2) is 18.2 Å². The molecule has 5 nitrogen and oxygen atoms in total. The summed E-state index contributed by atoms with van der Waals surface area (Å²) in [5.74, 6) is -0.799. The summed E-state index contributed by atoms with van der Waals surface area (Å²) in [6, 6.07) is 10.9. The minimum Gasteiger partial charge on any atom is -0.497 e. The van der Waals surface area contributed by atoms with Crippen LogP contribution in [0.5, 0.6) is 11.5 Å². The van der Waals surface area contributed by atoms with Crippen molar-refractivity contribution in [3.05, 3.63) is 71.1 Å². The summed E-state index contributed by atoms with van der Waals surface area (Å²) in [7, 11) is 1.68. The van der Waals surface area contributed by atoms with Gasteiger partial charge in [-0.05, 0) is 61.9 Å². The molecule has 6 heteroatoms. The molecule has 0 spiro atoms. The van der Waals surface area contributed by atoms with Crippen molar-refractivity contribution < 1.29 is 28.5 Å². The molecule has 4 rings (SSSR count). The monoisotopic (exact) mass is 440 g/mol. The molecule has 2 aromatic carbocycles. The first-order valence-electron chi connectivity index (χ1n) is 11.0. The predicted molar refractivity (Wildman–Crippen MR) is 119 cm³/mol. The van der Waals surface area contributed by atoms with E-state index in [-0.39, 0.29) is 23.7 Å². The van der Waals surface area contributed by atoms with E-state index >= 15 is 0 Å². The Bertz CT molecular complexity index is 1020. The number of aryl methyl sites for hydroxylation is 1. The smallest absolute Gasteiger partial charge is 0.341 e. The zero-order valence-corrected chi connectivity index (χ0v) is 18.5. The number of carboxylic acids is 1. The first-order chi connectivity index (χ1) is 15.4. The van der Waals surface area contributed by atoms with Crippen molar-refractivity contribution in [2.24, 2.45) is 5.92 Å². The van der Waals surface area contributed by atoms with Crippen LogP contribution in [0.25, 0.3) is 0 Å². The lowest BCUT2D eigenvalue weighted by molar-refractivity contribution is -0.139. The average molecular weight is 441 g/mol. The van der Waals surface area contributed by atoms with Gasteiger partial charge < -0.3 is 19.3 Å². The summed E-state index contributed by atoms with van der Waals surface area (Å²) in [6.07, 6.45) is 3.17. The molecular formula is C26H29FO5. The molecule has 1 aliphatic heterocycles. The zero-order chi connectivity index (χ0) is 22.8. The molecule has 0 radical (unpaired) electrons. The molecule has 1 saturated heterocycles. The molecule has 170 valence electrons. The Morgan fingerprint density at radius 3 is 2.81 bits per heavy atom. The highest BCUT2D eigenvalue weighted by molar-refractivity contribution is 5.68. The fraction of sp³-hybridized carbons (Fsp3) is 0.423. The van der Waals surface area contributed by atoms with Crippen molar-refractivity contribution in [3.63, 3.8) is 0 Å². The zero-order valence-electron chi connectivity index (χ0n) is 18.5. The number of hydrogen-bond donors (Lipinski definition) is 1. The molecular weight excluding hydrogens is 411 g/mol. The Hall–Kier alpha value is -2.86. The molecule has 2 aliphatic rings. The third kappa shape index (κ3) is 4.37. The molecule has 1 fully saturated rings. The fourth-order valence-electron chi connectivity index (χ4n) is 5.09. The van der Waals surface area contributed by atoms with E-state index in [0.29, 0.717) is 5.56 Å². The maximum Gasteiger partial charge on any atom is 0.341 e. The van der Waals surface area contributed by atoms with E-state index in [2.05, 4.69) is 18.7 Å². The van der Waals surface area contributed by atoms with E-state index in [0.717, 1.165) is 37.0 Å². The SMILES string of the molecule is C=C(C)[C@@H]1C[C@@H]2c3ccc(OC)cc3CCC[C@@H]2O[C@@H]1c1cccc(F)c1OCC(=O)O. The number of ether oxygens (including phenoxy) is 3. The van der Waals surface area contributed by atoms with Gasteiger partial charge in [-0.15, -0.1) is 0 Å². The van der Waals surface area contributed by atoms with Crippen LogP contribution in [-0.2, 0) is 16.0 Å². The summed E-state index contributed by atoms with van der Waals surface area (Å²) in [5, 5.41) is 9.02. The molecule has 1 heterocycles. The van der Waals surface area contributed by atoms with Gasteiger partial charge in [-0.25, -0.2) is 9.18 Å². The summed E-state index contributed by atoms with van der Waals surface area (Å²) < 4.78 is 32.1. The van der Waals surface area contributed by atoms with Gasteiger partial charge in [-0.2, -0.15) is 0 Å². The molecule has 0 amide bonds. The van der Waals surface area contributed by atoms with Crippen molar-refractivity contribution in [1.82, 2.24) is 0 Å². The van der Waals surface area contributed by atoms with Crippen molar-refractivity contribution in [2.75, 3.05) is 13.7 Å². The predicted octanol–water partition coefficient (Wildman–Crippen LogP) is 5.44. The molecule has 0 bridgehead atoms. The number of benzene rings is 2. The second-order valence-electron chi connectivity index (χ2n) is 8.69. The summed E-state index contributed by atoms with van der Waals surface area (Å²) in [5.41, 5.74) is 4.05. The van der Waals surface area contributed by atoms with Crippen LogP contribution >= 0.6 is 0 Å². The first-order valence-corrected chi connectivity index (χ1v) is 11.0. The van der Waals surface area contributed by atoms with E-state index in [4.69, 9.17) is 19.3 Å². The number of hydrogen-bond acceptors (Lipinski definition) is 4. The topological polar surface area (TPSA) is 65.0 Å². The molecule has 0 aromatic heterocycles. The van der Waals surface area contributed by atoms with Gasteiger partial charge in [0.05, 0.1) is 19.3 Å². The van der Waals surface area contributed by atoms with Crippen LogP contribution in [-0.4, -0.2) is 30.9 Å². The number of carboxylic acid groups (broad SMARTS) is 1. The first kappa shape index (κ1) is 22.3. The van der Waals surface area contributed by atoms with Gasteiger partial charge in [-0.3, -0.25) is 0 Å². The van der Waals surface area contributed by atoms with Gasteiger partial charge in [0.25, 0.3) is 0 Å². The van der Waals surface area contributed by atoms with E-state index in [9.17, 15) is 9.18 Å². The van der Waals surface area contributed by atoms with Gasteiger partial charge in [-0.1, -0.05) is 30.4 Å². The summed E-state index contributed by atoms with van der Waals surface area (Å²) in [4.78, 5) is 11.0. The van der Waals surface area contributed by atoms with Gasteiger partial charge in [0.2, 0.25) is 0 Å². The second kappa shape index (κ2) is 9.33. The van der Waals surface area contributed by atoms with E-state index in [1.54, 1.807) is 19.2 Å². The highest BCUT2D eigenvalue weighted by Gasteiger charge is 2.42. The quantitative estimate of drug-likeness (QED) is 0.606. The van der Waals surface area contributed by atoms with Crippen LogP contribution in [0.3, 0.4) is 0 Å². The maximum atomic E-state index is 14.6. The lowest BCUT2D eigenvalue weighted by atomic mass is 9.74. The number of aliphatic carboxylic acids is 1. The number of carbonyl (C=O) groups is 1. The molecule has 0 saturated carbocycles. The Labute approximate surface area is 187 Å². The number of para-hydroxylation sites is 1. The molecule has 2 aromatic rings. The van der Waals surface area contributed by atoms with Crippen molar-refractivity contribution in [2.45, 2.75) is 50.7 Å². The van der Waals surface area contributed by atoms with Crippen molar-refractivity contribution >= 4 is 5.97 Å². The highest BCUT2D eigenvalue weighted by Crippen LogP contribution is 2.51. The van der Waals surface area contributed by atoms with Crippen LogP contribution in [0.15, 0.2) is 48.6 Å². The van der Waals surface area contributed by atoms with Crippen LogP contribution in [0.1, 0.15) is 54.9 Å². The van der Waals surface area contributed by atoms with Gasteiger partial charge >= 0.3 is 5.97 Å². The molecule has 4 atom stereocenters. The van der Waals surface area contributed by atoms with Crippen molar-refractivity contribution in [3.8, 4) is 11.5 Å². The molecule has 32 heavy (non-hydrogen) atoms. The lowest BCUT2D eigenvalue weighted by Gasteiger charge is -2.42. The maximum absolute atomic E-state index is 14.6. The Morgan fingerprint density at radius 1 is 1.28 bits per heavy atom. The standard InChI is InChI=1S/C26H29FO5/c1-15(2)20-13-21-18-11-10-17(30-3)12-16(18)6-4-9-23(21)32-25(20)19-7-5-8-22(27)26(19)31-14-24(28)29/h5,7-8,10-12,20-21,23,25H,1,4,6,9,13-14H2,2-3H3,(H,28,29)/t20-,21+,23-,25+/m0/s1. The van der Waals surface area contributed by atoms with Crippen LogP contribution < -0.4 is 9.47 Å². The third-order valence-corrected chi connectivity index (χ3v) is 6.60. The number of rotatable bonds is 6. The average Bonchev–Trinajstić information content (AvgIpc) is 2.95. The van der Waals surface area contributed by atoms with Crippen LogP contribution in [0, 0.1) is 11.7 Å².